The molecule has 0 aromatic heterocycles. The lowest BCUT2D eigenvalue weighted by atomic mass is 9.07. The molecule has 2 bridgehead atoms. The first-order chi connectivity index (χ1) is 12.8. The van der Waals surface area contributed by atoms with Crippen molar-refractivity contribution >= 4 is 19.9 Å². The van der Waals surface area contributed by atoms with Crippen LogP contribution < -0.4 is 5.46 Å². The summed E-state index contributed by atoms with van der Waals surface area (Å²) in [6.45, 7) is 12.4. The van der Waals surface area contributed by atoms with Gasteiger partial charge < -0.3 is 10.2 Å². The Hall–Kier alpha value is -0.978. The van der Waals surface area contributed by atoms with Crippen molar-refractivity contribution in [3.63, 3.8) is 0 Å². The molecule has 1 aromatic rings. The molecule has 0 spiro atoms. The summed E-state index contributed by atoms with van der Waals surface area (Å²) in [5.41, 5.74) is 1.53. The molecule has 2 aliphatic heterocycles. The molecule has 0 radical (unpaired) electrons. The predicted octanol–water partition coefficient (Wildman–Crippen LogP) is 6.41. The first kappa shape index (κ1) is 20.7. The van der Waals surface area contributed by atoms with Gasteiger partial charge in [-0.05, 0) is 18.1 Å². The normalized spacial score (nSPS) is 28.3. The highest BCUT2D eigenvalue weighted by atomic mass is 28.4. The lowest BCUT2D eigenvalue weighted by molar-refractivity contribution is 0.296. The molecule has 2 fully saturated rings. The van der Waals surface area contributed by atoms with E-state index in [2.05, 4.69) is 75.9 Å². The van der Waals surface area contributed by atoms with Gasteiger partial charge in [-0.3, -0.25) is 0 Å². The number of rotatable bonds is 4. The van der Waals surface area contributed by atoms with Crippen LogP contribution in [0.15, 0.2) is 30.3 Å². The predicted molar refractivity (Wildman–Crippen MR) is 123 cm³/mol. The van der Waals surface area contributed by atoms with Crippen molar-refractivity contribution in [1.82, 2.24) is 0 Å². The maximum atomic E-state index is 6.36. The maximum absolute atomic E-state index is 6.36. The minimum absolute atomic E-state index is 0.274. The quantitative estimate of drug-likeness (QED) is 0.333. The molecule has 27 heavy (non-hydrogen) atoms. The fourth-order valence-corrected chi connectivity index (χ4v) is 6.50. The number of hydrogen-bond acceptors (Lipinski definition) is 1. The molecule has 0 N–H and O–H groups in total. The van der Waals surface area contributed by atoms with E-state index in [1.54, 1.807) is 0 Å². The SMILES string of the molecule is CC(C)(C)[Si](C)(C)OCCC#C[B-]1(c2ccccc2)C2CCCC1CCC2. The van der Waals surface area contributed by atoms with Crippen molar-refractivity contribution in [2.75, 3.05) is 6.61 Å². The van der Waals surface area contributed by atoms with Gasteiger partial charge in [0.15, 0.2) is 8.32 Å². The van der Waals surface area contributed by atoms with Crippen molar-refractivity contribution in [2.45, 2.75) is 95.5 Å². The number of fused-ring (bicyclic) bond motifs is 2. The monoisotopic (exact) mass is 381 g/mol. The average Bonchev–Trinajstić information content (AvgIpc) is 2.60. The molecule has 2 saturated heterocycles. The van der Waals surface area contributed by atoms with E-state index in [0.717, 1.165) is 24.7 Å². The molecule has 3 rings (SSSR count). The second kappa shape index (κ2) is 8.18. The van der Waals surface area contributed by atoms with Gasteiger partial charge in [0.05, 0.1) is 0 Å². The van der Waals surface area contributed by atoms with Crippen LogP contribution in [-0.2, 0) is 4.43 Å². The third-order valence-electron chi connectivity index (χ3n) is 7.97. The topological polar surface area (TPSA) is 9.23 Å². The van der Waals surface area contributed by atoms with E-state index in [9.17, 15) is 0 Å². The van der Waals surface area contributed by atoms with Gasteiger partial charge >= 0.3 is 0 Å². The van der Waals surface area contributed by atoms with Crippen molar-refractivity contribution in [1.29, 1.82) is 0 Å². The van der Waals surface area contributed by atoms with Gasteiger partial charge in [-0.1, -0.05) is 89.6 Å². The molecule has 0 amide bonds. The zero-order chi connectivity index (χ0) is 19.5. The minimum Gasteiger partial charge on any atom is -0.416 e. The Morgan fingerprint density at radius 3 is 2.07 bits per heavy atom. The van der Waals surface area contributed by atoms with E-state index in [-0.39, 0.29) is 5.04 Å². The first-order valence-electron chi connectivity index (χ1n) is 11.1. The van der Waals surface area contributed by atoms with E-state index in [0.29, 0.717) is 0 Å². The molecule has 2 aliphatic rings. The van der Waals surface area contributed by atoms with E-state index in [1.165, 1.54) is 44.0 Å². The Labute approximate surface area is 168 Å². The molecular formula is C24H38BOSi-. The Kier molecular flexibility index (Phi) is 6.28. The smallest absolute Gasteiger partial charge is 0.192 e. The summed E-state index contributed by atoms with van der Waals surface area (Å²) in [6, 6.07) is 11.3. The van der Waals surface area contributed by atoms with Crippen LogP contribution in [0.4, 0.5) is 0 Å². The third-order valence-corrected chi connectivity index (χ3v) is 12.5. The lowest BCUT2D eigenvalue weighted by Crippen LogP contribution is -2.58. The van der Waals surface area contributed by atoms with Crippen LogP contribution >= 0.6 is 0 Å². The maximum Gasteiger partial charge on any atom is 0.192 e. The zero-order valence-corrected chi connectivity index (χ0v) is 19.2. The molecule has 0 saturated carbocycles. The van der Waals surface area contributed by atoms with Gasteiger partial charge in [0, 0.05) is 13.0 Å². The standard InChI is InChI=1S/C24H38BOSi/c1-24(2,3)27(4,5)26-20-10-9-19-25(21-13-7-6-8-14-21)22-15-11-16-23(25)18-12-17-22/h6-8,13-14,22-23H,10-12,15-18,20H2,1-5H3/q-1. The van der Waals surface area contributed by atoms with Crippen LogP contribution in [0.5, 0.6) is 0 Å². The van der Waals surface area contributed by atoms with Crippen molar-refractivity contribution in [3.8, 4) is 11.7 Å². The van der Waals surface area contributed by atoms with Crippen LogP contribution in [0.2, 0.25) is 29.8 Å². The van der Waals surface area contributed by atoms with E-state index >= 15 is 0 Å². The highest BCUT2D eigenvalue weighted by Crippen LogP contribution is 2.52. The summed E-state index contributed by atoms with van der Waals surface area (Å²) in [5.74, 6) is 9.15. The van der Waals surface area contributed by atoms with E-state index < -0.39 is 14.5 Å². The molecule has 3 heteroatoms. The van der Waals surface area contributed by atoms with Crippen LogP contribution in [0.25, 0.3) is 0 Å². The van der Waals surface area contributed by atoms with Gasteiger partial charge in [-0.25, -0.2) is 0 Å². The summed E-state index contributed by atoms with van der Waals surface area (Å²) in [4.78, 5) is 0. The second-order valence-corrected chi connectivity index (χ2v) is 15.3. The molecule has 0 unspecified atom stereocenters. The highest BCUT2D eigenvalue weighted by molar-refractivity contribution is 7.00. The third kappa shape index (κ3) is 4.23. The van der Waals surface area contributed by atoms with Crippen molar-refractivity contribution < 1.29 is 4.43 Å². The molecule has 1 aromatic carbocycles. The Bertz CT molecular complexity index is 658. The zero-order valence-electron chi connectivity index (χ0n) is 18.2. The lowest BCUT2D eigenvalue weighted by Gasteiger charge is -2.57. The van der Waals surface area contributed by atoms with Gasteiger partial charge in [0.2, 0.25) is 0 Å². The molecular weight excluding hydrogens is 343 g/mol. The largest absolute Gasteiger partial charge is 0.416 e. The summed E-state index contributed by atoms with van der Waals surface area (Å²) >= 11 is 0. The molecule has 0 aliphatic carbocycles. The van der Waals surface area contributed by atoms with E-state index in [1.807, 2.05) is 0 Å². The summed E-state index contributed by atoms with van der Waals surface area (Å²) < 4.78 is 6.36. The van der Waals surface area contributed by atoms with E-state index in [4.69, 9.17) is 4.43 Å². The number of hydrogen-bond donors (Lipinski definition) is 0. The summed E-state index contributed by atoms with van der Waals surface area (Å²) in [6.07, 6.45) is 8.46. The van der Waals surface area contributed by atoms with Crippen molar-refractivity contribution in [2.24, 2.45) is 0 Å². The molecule has 1 nitrogen and oxygen atoms in total. The van der Waals surface area contributed by atoms with Crippen LogP contribution in [-0.4, -0.2) is 21.1 Å². The van der Waals surface area contributed by atoms with Gasteiger partial charge in [0.25, 0.3) is 0 Å². The Morgan fingerprint density at radius 1 is 1.00 bits per heavy atom. The molecule has 0 atom stereocenters. The summed E-state index contributed by atoms with van der Waals surface area (Å²) in [7, 11) is -1.66. The van der Waals surface area contributed by atoms with Gasteiger partial charge in [-0.15, -0.1) is 17.6 Å². The number of benzene rings is 1. The van der Waals surface area contributed by atoms with Crippen LogP contribution in [0.1, 0.15) is 65.7 Å². The minimum atomic E-state index is -1.66. The first-order valence-corrected chi connectivity index (χ1v) is 14.0. The van der Waals surface area contributed by atoms with Crippen LogP contribution in [0.3, 0.4) is 0 Å². The van der Waals surface area contributed by atoms with Crippen molar-refractivity contribution in [3.05, 3.63) is 30.3 Å². The average molecular weight is 381 g/mol. The Balaban J connectivity index is 1.78. The second-order valence-electron chi connectivity index (χ2n) is 10.5. The van der Waals surface area contributed by atoms with Crippen LogP contribution in [0, 0.1) is 11.7 Å². The highest BCUT2D eigenvalue weighted by Gasteiger charge is 2.43. The molecule has 2 heterocycles. The fraction of sp³-hybridized carbons (Fsp3) is 0.667. The summed E-state index contributed by atoms with van der Waals surface area (Å²) in [5, 5.41) is 0.274. The van der Waals surface area contributed by atoms with Gasteiger partial charge in [0.1, 0.15) is 6.15 Å². The Morgan fingerprint density at radius 2 is 1.56 bits per heavy atom. The van der Waals surface area contributed by atoms with Gasteiger partial charge in [-0.2, -0.15) is 5.46 Å². The fourth-order valence-electron chi connectivity index (χ4n) is 5.46. The molecule has 148 valence electrons.